The van der Waals surface area contributed by atoms with Crippen molar-refractivity contribution < 1.29 is 14.3 Å². The molecule has 2 aliphatic rings. The molecule has 2 N–H and O–H groups in total. The van der Waals surface area contributed by atoms with Crippen molar-refractivity contribution in [2.24, 2.45) is 0 Å². The fourth-order valence-corrected chi connectivity index (χ4v) is 2.62. The summed E-state index contributed by atoms with van der Waals surface area (Å²) < 4.78 is 10.9. The molecule has 20 heavy (non-hydrogen) atoms. The van der Waals surface area contributed by atoms with Crippen molar-refractivity contribution in [1.82, 2.24) is 5.32 Å². The quantitative estimate of drug-likeness (QED) is 0.884. The van der Waals surface area contributed by atoms with Crippen molar-refractivity contribution in [3.05, 3.63) is 29.8 Å². The third kappa shape index (κ3) is 3.17. The van der Waals surface area contributed by atoms with Crippen LogP contribution in [-0.2, 0) is 14.3 Å². The van der Waals surface area contributed by atoms with Gasteiger partial charge in [-0.05, 0) is 31.5 Å². The maximum atomic E-state index is 12.2. The zero-order chi connectivity index (χ0) is 13.8. The number of amides is 1. The van der Waals surface area contributed by atoms with Crippen LogP contribution < -0.4 is 10.6 Å². The summed E-state index contributed by atoms with van der Waals surface area (Å²) in [4.78, 5) is 12.2. The second-order valence-corrected chi connectivity index (χ2v) is 5.19. The lowest BCUT2D eigenvalue weighted by atomic mass is 10.0. The first-order chi connectivity index (χ1) is 9.83. The molecule has 3 rings (SSSR count). The van der Waals surface area contributed by atoms with Gasteiger partial charge in [-0.2, -0.15) is 0 Å². The molecule has 2 heterocycles. The standard InChI is InChI=1S/C15H20N2O3/c18-14(13-6-1-2-7-16-13)17-12-5-3-4-11(10-12)15-19-8-9-20-15/h3-5,10,13,15-16H,1-2,6-9H2,(H,17,18). The maximum absolute atomic E-state index is 12.2. The maximum Gasteiger partial charge on any atom is 0.241 e. The topological polar surface area (TPSA) is 59.6 Å². The van der Waals surface area contributed by atoms with Gasteiger partial charge in [-0.15, -0.1) is 0 Å². The van der Waals surface area contributed by atoms with Crippen LogP contribution in [0, 0.1) is 0 Å². The third-order valence-electron chi connectivity index (χ3n) is 3.67. The van der Waals surface area contributed by atoms with Gasteiger partial charge in [0.2, 0.25) is 5.91 Å². The lowest BCUT2D eigenvalue weighted by molar-refractivity contribution is -0.118. The van der Waals surface area contributed by atoms with E-state index in [1.807, 2.05) is 24.3 Å². The van der Waals surface area contributed by atoms with E-state index in [0.717, 1.165) is 37.1 Å². The summed E-state index contributed by atoms with van der Waals surface area (Å²) in [6, 6.07) is 7.58. The average Bonchev–Trinajstić information content (AvgIpc) is 3.03. The van der Waals surface area contributed by atoms with Crippen LogP contribution in [0.15, 0.2) is 24.3 Å². The predicted molar refractivity (Wildman–Crippen MR) is 75.4 cm³/mol. The van der Waals surface area contributed by atoms with Gasteiger partial charge in [0.05, 0.1) is 19.3 Å². The van der Waals surface area contributed by atoms with E-state index in [-0.39, 0.29) is 18.2 Å². The third-order valence-corrected chi connectivity index (χ3v) is 3.67. The van der Waals surface area contributed by atoms with Gasteiger partial charge >= 0.3 is 0 Å². The Morgan fingerprint density at radius 1 is 1.25 bits per heavy atom. The Kier molecular flexibility index (Phi) is 4.30. The molecular weight excluding hydrogens is 256 g/mol. The van der Waals surface area contributed by atoms with E-state index in [1.165, 1.54) is 0 Å². The van der Waals surface area contributed by atoms with Crippen LogP contribution in [0.25, 0.3) is 0 Å². The monoisotopic (exact) mass is 276 g/mol. The first-order valence-electron chi connectivity index (χ1n) is 7.20. The number of carbonyl (C=O) groups is 1. The average molecular weight is 276 g/mol. The summed E-state index contributed by atoms with van der Waals surface area (Å²) in [5.74, 6) is 0.0371. The number of carbonyl (C=O) groups excluding carboxylic acids is 1. The number of hydrogen-bond acceptors (Lipinski definition) is 4. The van der Waals surface area contributed by atoms with Crippen LogP contribution in [0.5, 0.6) is 0 Å². The molecule has 2 fully saturated rings. The lowest BCUT2D eigenvalue weighted by Crippen LogP contribution is -2.43. The van der Waals surface area contributed by atoms with E-state index in [4.69, 9.17) is 9.47 Å². The normalized spacial score (nSPS) is 23.7. The minimum atomic E-state index is -0.306. The highest BCUT2D eigenvalue weighted by molar-refractivity contribution is 5.94. The summed E-state index contributed by atoms with van der Waals surface area (Å²) in [5.41, 5.74) is 1.73. The minimum Gasteiger partial charge on any atom is -0.346 e. The van der Waals surface area contributed by atoms with Crippen molar-refractivity contribution in [1.29, 1.82) is 0 Å². The van der Waals surface area contributed by atoms with E-state index in [2.05, 4.69) is 10.6 Å². The Morgan fingerprint density at radius 3 is 2.85 bits per heavy atom. The van der Waals surface area contributed by atoms with Gasteiger partial charge in [-0.25, -0.2) is 0 Å². The fraction of sp³-hybridized carbons (Fsp3) is 0.533. The van der Waals surface area contributed by atoms with Crippen molar-refractivity contribution in [2.75, 3.05) is 25.1 Å². The number of nitrogens with one attached hydrogen (secondary N) is 2. The summed E-state index contributed by atoms with van der Waals surface area (Å²) in [6.45, 7) is 2.16. The number of benzene rings is 1. The van der Waals surface area contributed by atoms with E-state index >= 15 is 0 Å². The van der Waals surface area contributed by atoms with Crippen molar-refractivity contribution in [2.45, 2.75) is 31.6 Å². The Hall–Kier alpha value is -1.43. The highest BCUT2D eigenvalue weighted by atomic mass is 16.7. The van der Waals surface area contributed by atoms with Crippen LogP contribution in [0.1, 0.15) is 31.1 Å². The van der Waals surface area contributed by atoms with E-state index in [0.29, 0.717) is 13.2 Å². The Bertz CT molecular complexity index is 466. The van der Waals surface area contributed by atoms with Gasteiger partial charge < -0.3 is 20.1 Å². The largest absolute Gasteiger partial charge is 0.346 e. The molecule has 0 saturated carbocycles. The first-order valence-corrected chi connectivity index (χ1v) is 7.20. The molecule has 5 heteroatoms. The second-order valence-electron chi connectivity index (χ2n) is 5.19. The molecule has 0 spiro atoms. The number of rotatable bonds is 3. The molecule has 2 saturated heterocycles. The predicted octanol–water partition coefficient (Wildman–Crippen LogP) is 1.81. The summed E-state index contributed by atoms with van der Waals surface area (Å²) in [7, 11) is 0. The molecule has 1 atom stereocenters. The van der Waals surface area contributed by atoms with Crippen LogP contribution in [0.4, 0.5) is 5.69 Å². The zero-order valence-corrected chi connectivity index (χ0v) is 11.4. The van der Waals surface area contributed by atoms with Gasteiger partial charge in [0.1, 0.15) is 0 Å². The van der Waals surface area contributed by atoms with Gasteiger partial charge in [0.15, 0.2) is 6.29 Å². The smallest absolute Gasteiger partial charge is 0.241 e. The van der Waals surface area contributed by atoms with Crippen LogP contribution in [-0.4, -0.2) is 31.7 Å². The molecule has 0 aromatic heterocycles. The number of ether oxygens (including phenoxy) is 2. The van der Waals surface area contributed by atoms with Crippen molar-refractivity contribution >= 4 is 11.6 Å². The molecule has 0 aliphatic carbocycles. The first kappa shape index (κ1) is 13.5. The number of piperidine rings is 1. The summed E-state index contributed by atoms with van der Waals surface area (Å²) >= 11 is 0. The number of hydrogen-bond donors (Lipinski definition) is 2. The van der Waals surface area contributed by atoms with E-state index in [1.54, 1.807) is 0 Å². The zero-order valence-electron chi connectivity index (χ0n) is 11.4. The van der Waals surface area contributed by atoms with Gasteiger partial charge in [0.25, 0.3) is 0 Å². The SMILES string of the molecule is O=C(Nc1cccc(C2OCCO2)c1)C1CCCCN1. The Morgan fingerprint density at radius 2 is 2.10 bits per heavy atom. The Labute approximate surface area is 118 Å². The second kappa shape index (κ2) is 6.35. The van der Waals surface area contributed by atoms with Crippen LogP contribution in [0.3, 0.4) is 0 Å². The Balaban J connectivity index is 1.64. The molecule has 1 aromatic carbocycles. The highest BCUT2D eigenvalue weighted by Gasteiger charge is 2.22. The molecule has 1 amide bonds. The molecule has 0 radical (unpaired) electrons. The molecule has 5 nitrogen and oxygen atoms in total. The number of anilines is 1. The molecule has 0 bridgehead atoms. The van der Waals surface area contributed by atoms with Gasteiger partial charge in [0, 0.05) is 11.3 Å². The highest BCUT2D eigenvalue weighted by Crippen LogP contribution is 2.25. The molecule has 2 aliphatic heterocycles. The summed E-state index contributed by atoms with van der Waals surface area (Å²) in [6.07, 6.45) is 2.85. The van der Waals surface area contributed by atoms with Gasteiger partial charge in [-0.1, -0.05) is 18.6 Å². The minimum absolute atomic E-state index is 0.0371. The molecule has 108 valence electrons. The van der Waals surface area contributed by atoms with Gasteiger partial charge in [-0.3, -0.25) is 4.79 Å². The molecule has 1 unspecified atom stereocenters. The van der Waals surface area contributed by atoms with Crippen LogP contribution in [0.2, 0.25) is 0 Å². The fourth-order valence-electron chi connectivity index (χ4n) is 2.62. The van der Waals surface area contributed by atoms with Crippen LogP contribution >= 0.6 is 0 Å². The van der Waals surface area contributed by atoms with E-state index < -0.39 is 0 Å². The lowest BCUT2D eigenvalue weighted by Gasteiger charge is -2.22. The molecular formula is C15H20N2O3. The van der Waals surface area contributed by atoms with Crippen molar-refractivity contribution in [3.63, 3.8) is 0 Å². The van der Waals surface area contributed by atoms with E-state index in [9.17, 15) is 4.79 Å². The van der Waals surface area contributed by atoms with Crippen molar-refractivity contribution in [3.8, 4) is 0 Å². The summed E-state index contributed by atoms with van der Waals surface area (Å²) in [5, 5.41) is 6.21. The molecule has 1 aromatic rings.